The Hall–Kier alpha value is -3.43. The van der Waals surface area contributed by atoms with Crippen LogP contribution in [0.2, 0.25) is 0 Å². The van der Waals surface area contributed by atoms with Crippen LogP contribution in [0.5, 0.6) is 11.5 Å². The van der Waals surface area contributed by atoms with E-state index in [1.807, 2.05) is 48.5 Å². The molecule has 0 unspecified atom stereocenters. The molecule has 2 saturated heterocycles. The zero-order valence-electron chi connectivity index (χ0n) is 20.0. The summed E-state index contributed by atoms with van der Waals surface area (Å²) in [4.78, 5) is 12.2. The molecule has 0 aliphatic carbocycles. The van der Waals surface area contributed by atoms with Crippen molar-refractivity contribution in [1.82, 2.24) is 0 Å². The third-order valence-corrected chi connectivity index (χ3v) is 5.86. The summed E-state index contributed by atoms with van der Waals surface area (Å²) in [5, 5.41) is 0. The molecule has 0 N–H and O–H groups in total. The van der Waals surface area contributed by atoms with Gasteiger partial charge >= 0.3 is 5.97 Å². The van der Waals surface area contributed by atoms with Gasteiger partial charge in [0.1, 0.15) is 24.7 Å². The van der Waals surface area contributed by atoms with Gasteiger partial charge in [-0.05, 0) is 23.3 Å². The standard InChI is InChI=1S/C28H28O8/c1-30-26(29)23-14-24(35-17-19-2-6-21(7-3-19)27-31-10-11-32-27)16-25(15-23)36-18-20-4-8-22(9-5-20)28-33-12-13-34-28/h2-9,14-16,27-28H,10-13,17-18H2,1H3. The van der Waals surface area contributed by atoms with Gasteiger partial charge in [0.05, 0.1) is 39.1 Å². The number of carbonyl (C=O) groups excluding carboxylic acids is 1. The van der Waals surface area contributed by atoms with Gasteiger partial charge in [-0.3, -0.25) is 0 Å². The van der Waals surface area contributed by atoms with Crippen LogP contribution < -0.4 is 9.47 Å². The predicted molar refractivity (Wildman–Crippen MR) is 129 cm³/mol. The van der Waals surface area contributed by atoms with E-state index in [0.717, 1.165) is 22.3 Å². The van der Waals surface area contributed by atoms with E-state index in [9.17, 15) is 4.79 Å². The first-order chi connectivity index (χ1) is 17.7. The van der Waals surface area contributed by atoms with Crippen molar-refractivity contribution in [3.8, 4) is 11.5 Å². The molecule has 2 aliphatic heterocycles. The van der Waals surface area contributed by atoms with Crippen molar-refractivity contribution in [3.05, 3.63) is 94.5 Å². The summed E-state index contributed by atoms with van der Waals surface area (Å²) in [5.41, 5.74) is 4.23. The Morgan fingerprint density at radius 1 is 0.694 bits per heavy atom. The normalized spacial score (nSPS) is 16.2. The number of rotatable bonds is 9. The first-order valence-electron chi connectivity index (χ1n) is 11.8. The minimum Gasteiger partial charge on any atom is -0.489 e. The fourth-order valence-corrected chi connectivity index (χ4v) is 3.95. The number of ether oxygens (including phenoxy) is 7. The van der Waals surface area contributed by atoms with Crippen LogP contribution in [0.25, 0.3) is 0 Å². The van der Waals surface area contributed by atoms with Crippen molar-refractivity contribution >= 4 is 5.97 Å². The molecule has 8 nitrogen and oxygen atoms in total. The summed E-state index contributed by atoms with van der Waals surface area (Å²) < 4.78 is 39.0. The summed E-state index contributed by atoms with van der Waals surface area (Å²) in [6.45, 7) is 3.06. The minimum absolute atomic E-state index is 0.308. The van der Waals surface area contributed by atoms with Crippen LogP contribution in [0, 0.1) is 0 Å². The molecule has 0 radical (unpaired) electrons. The van der Waals surface area contributed by atoms with Gasteiger partial charge < -0.3 is 33.2 Å². The number of esters is 1. The monoisotopic (exact) mass is 492 g/mol. The van der Waals surface area contributed by atoms with E-state index in [1.165, 1.54) is 7.11 Å². The molecule has 2 heterocycles. The highest BCUT2D eigenvalue weighted by Crippen LogP contribution is 2.27. The summed E-state index contributed by atoms with van der Waals surface area (Å²) >= 11 is 0. The van der Waals surface area contributed by atoms with Gasteiger partial charge in [0.25, 0.3) is 0 Å². The maximum absolute atomic E-state index is 12.2. The molecule has 0 spiro atoms. The SMILES string of the molecule is COC(=O)c1cc(OCc2ccc(C3OCCO3)cc2)cc(OCc2ccc(C3OCCO3)cc2)c1. The molecule has 5 rings (SSSR count). The minimum atomic E-state index is -0.466. The molecule has 2 fully saturated rings. The Bertz CT molecular complexity index is 1070. The van der Waals surface area contributed by atoms with Crippen LogP contribution in [0.15, 0.2) is 66.7 Å². The molecule has 0 bridgehead atoms. The molecule has 3 aromatic carbocycles. The Morgan fingerprint density at radius 3 is 1.50 bits per heavy atom. The molecule has 0 aromatic heterocycles. The molecule has 36 heavy (non-hydrogen) atoms. The molecule has 3 aromatic rings. The lowest BCUT2D eigenvalue weighted by Gasteiger charge is -2.13. The van der Waals surface area contributed by atoms with E-state index in [1.54, 1.807) is 18.2 Å². The average molecular weight is 493 g/mol. The third kappa shape index (κ3) is 6.03. The summed E-state index contributed by atoms with van der Waals surface area (Å²) in [7, 11) is 1.34. The highest BCUT2D eigenvalue weighted by molar-refractivity contribution is 5.90. The lowest BCUT2D eigenvalue weighted by molar-refractivity contribution is -0.0443. The van der Waals surface area contributed by atoms with Gasteiger partial charge in [-0.2, -0.15) is 0 Å². The third-order valence-electron chi connectivity index (χ3n) is 5.86. The Labute approximate surface area is 209 Å². The number of methoxy groups -OCH3 is 1. The topological polar surface area (TPSA) is 81.7 Å². The molecular formula is C28H28O8. The predicted octanol–water partition coefficient (Wildman–Crippen LogP) is 4.72. The van der Waals surface area contributed by atoms with Crippen molar-refractivity contribution in [3.63, 3.8) is 0 Å². The maximum atomic E-state index is 12.2. The fraction of sp³-hybridized carbons (Fsp3) is 0.321. The van der Waals surface area contributed by atoms with Crippen LogP contribution in [0.4, 0.5) is 0 Å². The lowest BCUT2D eigenvalue weighted by atomic mass is 10.1. The van der Waals surface area contributed by atoms with E-state index in [-0.39, 0.29) is 12.6 Å². The lowest BCUT2D eigenvalue weighted by Crippen LogP contribution is -2.05. The number of benzene rings is 3. The first-order valence-corrected chi connectivity index (χ1v) is 11.8. The van der Waals surface area contributed by atoms with Crippen LogP contribution in [0.3, 0.4) is 0 Å². The van der Waals surface area contributed by atoms with Crippen LogP contribution in [-0.4, -0.2) is 39.5 Å². The van der Waals surface area contributed by atoms with E-state index in [0.29, 0.717) is 56.7 Å². The van der Waals surface area contributed by atoms with Gasteiger partial charge in [0.15, 0.2) is 12.6 Å². The molecular weight excluding hydrogens is 464 g/mol. The van der Waals surface area contributed by atoms with E-state index >= 15 is 0 Å². The van der Waals surface area contributed by atoms with Gasteiger partial charge in [0.2, 0.25) is 0 Å². The largest absolute Gasteiger partial charge is 0.489 e. The van der Waals surface area contributed by atoms with Crippen molar-refractivity contribution in [2.45, 2.75) is 25.8 Å². The molecule has 0 amide bonds. The molecule has 0 saturated carbocycles. The highest BCUT2D eigenvalue weighted by Gasteiger charge is 2.19. The highest BCUT2D eigenvalue weighted by atomic mass is 16.7. The Morgan fingerprint density at radius 2 is 1.11 bits per heavy atom. The average Bonchev–Trinajstić information content (AvgIpc) is 3.66. The summed E-state index contributed by atoms with van der Waals surface area (Å²) in [6.07, 6.45) is -0.617. The second-order valence-electron chi connectivity index (χ2n) is 8.39. The number of carbonyl (C=O) groups is 1. The smallest absolute Gasteiger partial charge is 0.338 e. The van der Waals surface area contributed by atoms with Gasteiger partial charge in [0, 0.05) is 17.2 Å². The molecule has 2 aliphatic rings. The second-order valence-corrected chi connectivity index (χ2v) is 8.39. The Balaban J connectivity index is 1.23. The first kappa shape index (κ1) is 24.3. The van der Waals surface area contributed by atoms with Crippen LogP contribution >= 0.6 is 0 Å². The van der Waals surface area contributed by atoms with Crippen molar-refractivity contribution in [2.75, 3.05) is 33.5 Å². The van der Waals surface area contributed by atoms with E-state index in [4.69, 9.17) is 33.2 Å². The zero-order chi connectivity index (χ0) is 24.7. The summed E-state index contributed by atoms with van der Waals surface area (Å²) in [6, 6.07) is 20.8. The molecule has 8 heteroatoms. The van der Waals surface area contributed by atoms with E-state index < -0.39 is 5.97 Å². The second kappa shape index (κ2) is 11.5. The van der Waals surface area contributed by atoms with Gasteiger partial charge in [-0.1, -0.05) is 48.5 Å². The number of hydrogen-bond acceptors (Lipinski definition) is 8. The molecule has 188 valence electrons. The van der Waals surface area contributed by atoms with E-state index in [2.05, 4.69) is 0 Å². The quantitative estimate of drug-likeness (QED) is 0.397. The van der Waals surface area contributed by atoms with Crippen LogP contribution in [-0.2, 0) is 36.9 Å². The van der Waals surface area contributed by atoms with Crippen molar-refractivity contribution in [2.24, 2.45) is 0 Å². The van der Waals surface area contributed by atoms with Crippen LogP contribution in [0.1, 0.15) is 45.2 Å². The van der Waals surface area contributed by atoms with Crippen molar-refractivity contribution in [1.29, 1.82) is 0 Å². The zero-order valence-corrected chi connectivity index (χ0v) is 20.0. The maximum Gasteiger partial charge on any atom is 0.338 e. The number of hydrogen-bond donors (Lipinski definition) is 0. The van der Waals surface area contributed by atoms with Gasteiger partial charge in [-0.25, -0.2) is 4.79 Å². The van der Waals surface area contributed by atoms with Crippen molar-refractivity contribution < 1.29 is 38.0 Å². The Kier molecular flexibility index (Phi) is 7.78. The summed E-state index contributed by atoms with van der Waals surface area (Å²) in [5.74, 6) is 0.544. The van der Waals surface area contributed by atoms with Gasteiger partial charge in [-0.15, -0.1) is 0 Å². The fourth-order valence-electron chi connectivity index (χ4n) is 3.95. The molecule has 0 atom stereocenters.